The van der Waals surface area contributed by atoms with E-state index in [-0.39, 0.29) is 11.4 Å². The van der Waals surface area contributed by atoms with E-state index in [1.54, 1.807) is 6.92 Å². The third-order valence-electron chi connectivity index (χ3n) is 10.7. The van der Waals surface area contributed by atoms with E-state index in [9.17, 15) is 9.90 Å². The van der Waals surface area contributed by atoms with Crippen molar-refractivity contribution in [2.45, 2.75) is 116 Å². The number of hydrogen-bond acceptors (Lipinski definition) is 4. The Kier molecular flexibility index (Phi) is 6.53. The van der Waals surface area contributed by atoms with E-state index in [0.29, 0.717) is 36.8 Å². The minimum Gasteiger partial charge on any atom is -0.393 e. The Labute approximate surface area is 195 Å². The third kappa shape index (κ3) is 4.22. The number of carbonyl (C=O) groups is 1. The molecule has 0 aromatic carbocycles. The monoisotopic (exact) mass is 445 g/mol. The van der Waals surface area contributed by atoms with Crippen molar-refractivity contribution in [3.8, 4) is 0 Å². The highest BCUT2D eigenvalue weighted by molar-refractivity contribution is 5.79. The fourth-order valence-electron chi connectivity index (χ4n) is 9.25. The molecule has 4 heteroatoms. The van der Waals surface area contributed by atoms with Crippen LogP contribution in [0.1, 0.15) is 91.9 Å². The van der Waals surface area contributed by atoms with Gasteiger partial charge < -0.3 is 15.2 Å². The quantitative estimate of drug-likeness (QED) is 0.641. The molecule has 0 aromatic heterocycles. The van der Waals surface area contributed by atoms with Crippen LogP contribution < -0.4 is 5.32 Å². The van der Waals surface area contributed by atoms with Gasteiger partial charge in [0.15, 0.2) is 0 Å². The molecule has 1 spiro atoms. The van der Waals surface area contributed by atoms with Gasteiger partial charge in [-0.15, -0.1) is 0 Å². The van der Waals surface area contributed by atoms with Crippen LogP contribution in [0.2, 0.25) is 0 Å². The Morgan fingerprint density at radius 1 is 1.09 bits per heavy atom. The number of Topliss-reactive ketones (excluding diaryl/α,β-unsaturated/α-hetero) is 1. The minimum atomic E-state index is -0.493. The second-order valence-corrected chi connectivity index (χ2v) is 13.0. The lowest BCUT2D eigenvalue weighted by atomic mass is 9.70. The summed E-state index contributed by atoms with van der Waals surface area (Å²) < 4.78 is 7.00. The molecule has 4 nitrogen and oxygen atoms in total. The summed E-state index contributed by atoms with van der Waals surface area (Å²) in [5.41, 5.74) is 0.0935. The molecule has 3 saturated carbocycles. The van der Waals surface area contributed by atoms with Crippen LogP contribution in [0.15, 0.2) is 0 Å². The van der Waals surface area contributed by atoms with E-state index in [4.69, 9.17) is 4.74 Å². The van der Waals surface area contributed by atoms with Crippen LogP contribution in [-0.4, -0.2) is 41.3 Å². The topological polar surface area (TPSA) is 58.6 Å². The smallest absolute Gasteiger partial charge is 0.135 e. The number of carbonyl (C=O) groups excluding carboxylic acids is 1. The van der Waals surface area contributed by atoms with Gasteiger partial charge in [-0.3, -0.25) is 4.79 Å². The number of nitrogens with one attached hydrogen (secondary N) is 1. The molecule has 0 radical (unpaired) electrons. The molecule has 0 amide bonds. The predicted octanol–water partition coefficient (Wildman–Crippen LogP) is 4.98. The first-order chi connectivity index (χ1) is 15.3. The molecule has 182 valence electrons. The van der Waals surface area contributed by atoms with E-state index < -0.39 is 6.10 Å². The van der Waals surface area contributed by atoms with Crippen LogP contribution in [0.25, 0.3) is 0 Å². The molecule has 4 unspecified atom stereocenters. The second-order valence-electron chi connectivity index (χ2n) is 13.0. The maximum atomic E-state index is 12.3. The Balaban J connectivity index is 1.24. The fraction of sp³-hybridized carbons (Fsp3) is 0.964. The lowest BCUT2D eigenvalue weighted by molar-refractivity contribution is -0.122. The van der Waals surface area contributed by atoms with Crippen molar-refractivity contribution in [3.05, 3.63) is 0 Å². The van der Waals surface area contributed by atoms with Gasteiger partial charge in [0.05, 0.1) is 17.8 Å². The first-order valence-corrected chi connectivity index (χ1v) is 13.9. The van der Waals surface area contributed by atoms with E-state index in [1.807, 2.05) is 0 Å². The van der Waals surface area contributed by atoms with Crippen LogP contribution in [0.5, 0.6) is 0 Å². The van der Waals surface area contributed by atoms with Crippen molar-refractivity contribution in [3.63, 3.8) is 0 Å². The lowest BCUT2D eigenvalue weighted by Gasteiger charge is -2.37. The van der Waals surface area contributed by atoms with Gasteiger partial charge in [0.2, 0.25) is 0 Å². The molecule has 5 rings (SSSR count). The SMILES string of the molecule is CC(O)CC(=O)C[C@H]1CCC2[C@H](CC3C(C)C[C@]4(CC[C@H]32)O[C@@H]2C[C@H](C)CN[C@H]2[C@H]4C)C1. The molecule has 2 saturated heterocycles. The highest BCUT2D eigenvalue weighted by Gasteiger charge is 2.58. The summed E-state index contributed by atoms with van der Waals surface area (Å²) in [5.74, 6) is 6.32. The number of aliphatic hydroxyl groups excluding tert-OH is 1. The molecule has 32 heavy (non-hydrogen) atoms. The van der Waals surface area contributed by atoms with Crippen molar-refractivity contribution in [2.24, 2.45) is 47.3 Å². The van der Waals surface area contributed by atoms with Crippen molar-refractivity contribution < 1.29 is 14.6 Å². The molecule has 2 N–H and O–H groups in total. The number of ether oxygens (including phenoxy) is 1. The Morgan fingerprint density at radius 2 is 1.91 bits per heavy atom. The lowest BCUT2D eigenvalue weighted by Crippen LogP contribution is -2.48. The van der Waals surface area contributed by atoms with E-state index in [1.165, 1.54) is 51.4 Å². The average molecular weight is 446 g/mol. The molecule has 5 fully saturated rings. The zero-order valence-corrected chi connectivity index (χ0v) is 20.9. The summed E-state index contributed by atoms with van der Waals surface area (Å²) in [6.45, 7) is 10.2. The molecular weight excluding hydrogens is 398 g/mol. The van der Waals surface area contributed by atoms with Gasteiger partial charge in [-0.2, -0.15) is 0 Å². The van der Waals surface area contributed by atoms with Crippen molar-refractivity contribution in [2.75, 3.05) is 6.54 Å². The molecule has 2 aliphatic heterocycles. The van der Waals surface area contributed by atoms with Crippen LogP contribution in [0.3, 0.4) is 0 Å². The standard InChI is InChI=1S/C28H47NO3/c1-16-9-26-27(29-15-16)19(4)28(32-26)8-7-24-23-6-5-20(12-22(31)10-18(3)30)11-21(23)13-25(24)17(2)14-28/h16-21,23-27,29-30H,5-15H2,1-4H3/t16-,17?,18?,19+,20-,21-,23?,24-,25?,26+,27-,28-/m0/s1. The zero-order chi connectivity index (χ0) is 22.6. The fourth-order valence-corrected chi connectivity index (χ4v) is 9.25. The maximum absolute atomic E-state index is 12.3. The number of fused-ring (bicyclic) bond motifs is 4. The van der Waals surface area contributed by atoms with Gasteiger partial charge in [0.1, 0.15) is 5.78 Å². The maximum Gasteiger partial charge on any atom is 0.135 e. The molecule has 12 atom stereocenters. The predicted molar refractivity (Wildman–Crippen MR) is 127 cm³/mol. The first-order valence-electron chi connectivity index (χ1n) is 13.9. The van der Waals surface area contributed by atoms with Gasteiger partial charge in [-0.05, 0) is 106 Å². The van der Waals surface area contributed by atoms with E-state index in [2.05, 4.69) is 26.1 Å². The normalized spacial score (nSPS) is 51.5. The van der Waals surface area contributed by atoms with Crippen LogP contribution in [-0.2, 0) is 9.53 Å². The zero-order valence-electron chi connectivity index (χ0n) is 20.9. The number of ketones is 1. The molecule has 2 heterocycles. The van der Waals surface area contributed by atoms with E-state index >= 15 is 0 Å². The largest absolute Gasteiger partial charge is 0.393 e. The summed E-state index contributed by atoms with van der Waals surface area (Å²) in [4.78, 5) is 12.3. The molecule has 3 aliphatic carbocycles. The highest BCUT2D eigenvalue weighted by Crippen LogP contribution is 2.59. The Bertz CT molecular complexity index is 694. The van der Waals surface area contributed by atoms with Gasteiger partial charge in [-0.25, -0.2) is 0 Å². The van der Waals surface area contributed by atoms with E-state index in [0.717, 1.165) is 42.1 Å². The van der Waals surface area contributed by atoms with Gasteiger partial charge in [0, 0.05) is 24.8 Å². The van der Waals surface area contributed by atoms with Crippen molar-refractivity contribution >= 4 is 5.78 Å². The van der Waals surface area contributed by atoms with Gasteiger partial charge in [0.25, 0.3) is 0 Å². The first kappa shape index (κ1) is 23.3. The Hall–Kier alpha value is -0.450. The minimum absolute atomic E-state index is 0.0935. The summed E-state index contributed by atoms with van der Waals surface area (Å²) in [5, 5.41) is 13.4. The number of hydrogen-bond donors (Lipinski definition) is 2. The molecule has 0 aromatic rings. The molecule has 5 aliphatic rings. The van der Waals surface area contributed by atoms with Crippen molar-refractivity contribution in [1.82, 2.24) is 5.32 Å². The third-order valence-corrected chi connectivity index (χ3v) is 10.7. The summed E-state index contributed by atoms with van der Waals surface area (Å²) in [7, 11) is 0. The number of piperidine rings is 1. The summed E-state index contributed by atoms with van der Waals surface area (Å²) >= 11 is 0. The highest BCUT2D eigenvalue weighted by atomic mass is 16.5. The van der Waals surface area contributed by atoms with Crippen LogP contribution in [0, 0.1) is 47.3 Å². The van der Waals surface area contributed by atoms with Gasteiger partial charge in [-0.1, -0.05) is 20.8 Å². The molecule has 0 bridgehead atoms. The molecular formula is C28H47NO3. The average Bonchev–Trinajstić information content (AvgIpc) is 3.16. The van der Waals surface area contributed by atoms with Gasteiger partial charge >= 0.3 is 0 Å². The number of rotatable bonds is 4. The number of aliphatic hydroxyl groups is 1. The Morgan fingerprint density at radius 3 is 2.69 bits per heavy atom. The van der Waals surface area contributed by atoms with Crippen molar-refractivity contribution in [1.29, 1.82) is 0 Å². The van der Waals surface area contributed by atoms with Crippen LogP contribution in [0.4, 0.5) is 0 Å². The second kappa shape index (κ2) is 8.96. The van der Waals surface area contributed by atoms with Crippen LogP contribution >= 0.6 is 0 Å². The summed E-state index contributed by atoms with van der Waals surface area (Å²) in [6.07, 6.45) is 11.2. The summed E-state index contributed by atoms with van der Waals surface area (Å²) in [6, 6.07) is 0.554.